The van der Waals surface area contributed by atoms with Crippen molar-refractivity contribution in [3.63, 3.8) is 0 Å². The maximum Gasteiger partial charge on any atom is 0.240 e. The van der Waals surface area contributed by atoms with Crippen LogP contribution in [0.2, 0.25) is 0 Å². The van der Waals surface area contributed by atoms with Gasteiger partial charge in [-0.25, -0.2) is 25.9 Å². The summed E-state index contributed by atoms with van der Waals surface area (Å²) in [5.74, 6) is -0.461. The summed E-state index contributed by atoms with van der Waals surface area (Å²) in [7, 11) is -7.97. The molecule has 0 radical (unpaired) electrons. The van der Waals surface area contributed by atoms with Crippen LogP contribution in [-0.2, 0) is 19.9 Å². The van der Waals surface area contributed by atoms with Gasteiger partial charge in [-0.2, -0.15) is 0 Å². The molecule has 0 saturated carbocycles. The minimum absolute atomic E-state index is 0.0560. The lowest BCUT2D eigenvalue weighted by Crippen LogP contribution is -2.31. The van der Waals surface area contributed by atoms with Crippen LogP contribution in [0.5, 0.6) is 0 Å². The maximum atomic E-state index is 13.1. The predicted molar refractivity (Wildman–Crippen MR) is 101 cm³/mol. The molecule has 1 N–H and O–H groups in total. The van der Waals surface area contributed by atoms with Gasteiger partial charge in [0.25, 0.3) is 0 Å². The Bertz CT molecular complexity index is 1140. The number of sulfonamides is 1. The fourth-order valence-corrected chi connectivity index (χ4v) is 5.35. The molecule has 1 atom stereocenters. The van der Waals surface area contributed by atoms with Crippen LogP contribution >= 0.6 is 0 Å². The minimum atomic E-state index is -4.04. The Hall–Kier alpha value is -2.49. The number of furan rings is 1. The fraction of sp³-hybridized carbons (Fsp3) is 0.158. The van der Waals surface area contributed by atoms with Crippen LogP contribution in [0.15, 0.2) is 81.1 Å². The molecule has 3 rings (SSSR count). The third-order valence-electron chi connectivity index (χ3n) is 4.17. The van der Waals surface area contributed by atoms with Crippen LogP contribution in [0.1, 0.15) is 16.6 Å². The third kappa shape index (κ3) is 4.32. The molecule has 28 heavy (non-hydrogen) atoms. The maximum absolute atomic E-state index is 13.1. The lowest BCUT2D eigenvalue weighted by Gasteiger charge is -2.17. The second kappa shape index (κ2) is 7.86. The Morgan fingerprint density at radius 1 is 0.929 bits per heavy atom. The second-order valence-electron chi connectivity index (χ2n) is 6.17. The molecule has 3 aromatic rings. The van der Waals surface area contributed by atoms with E-state index in [-0.39, 0.29) is 15.6 Å². The van der Waals surface area contributed by atoms with E-state index in [1.54, 1.807) is 12.1 Å². The van der Waals surface area contributed by atoms with Gasteiger partial charge in [-0.1, -0.05) is 17.7 Å². The van der Waals surface area contributed by atoms with Crippen molar-refractivity contribution < 1.29 is 25.6 Å². The highest BCUT2D eigenvalue weighted by molar-refractivity contribution is 7.92. The molecule has 2 aromatic carbocycles. The van der Waals surface area contributed by atoms with E-state index < -0.39 is 37.5 Å². The number of halogens is 1. The van der Waals surface area contributed by atoms with E-state index >= 15 is 0 Å². The third-order valence-corrected chi connectivity index (χ3v) is 7.68. The molecular formula is C19H18FNO5S2. The smallest absolute Gasteiger partial charge is 0.240 e. The minimum Gasteiger partial charge on any atom is -0.468 e. The van der Waals surface area contributed by atoms with Gasteiger partial charge in [-0.15, -0.1) is 0 Å². The van der Waals surface area contributed by atoms with Crippen molar-refractivity contribution in [1.29, 1.82) is 0 Å². The first-order chi connectivity index (χ1) is 13.2. The van der Waals surface area contributed by atoms with Gasteiger partial charge < -0.3 is 4.42 Å². The van der Waals surface area contributed by atoms with Crippen molar-refractivity contribution >= 4 is 19.9 Å². The lowest BCUT2D eigenvalue weighted by atomic mass is 10.2. The van der Waals surface area contributed by atoms with E-state index in [2.05, 4.69) is 4.72 Å². The monoisotopic (exact) mass is 423 g/mol. The van der Waals surface area contributed by atoms with Crippen LogP contribution < -0.4 is 4.72 Å². The van der Waals surface area contributed by atoms with Gasteiger partial charge in [0.1, 0.15) is 16.8 Å². The number of sulfone groups is 1. The quantitative estimate of drug-likeness (QED) is 0.630. The highest BCUT2D eigenvalue weighted by atomic mass is 32.2. The van der Waals surface area contributed by atoms with Gasteiger partial charge in [0.2, 0.25) is 10.0 Å². The largest absolute Gasteiger partial charge is 0.468 e. The van der Waals surface area contributed by atoms with Gasteiger partial charge in [0.05, 0.1) is 16.1 Å². The van der Waals surface area contributed by atoms with Crippen LogP contribution in [0.4, 0.5) is 4.39 Å². The zero-order chi connectivity index (χ0) is 20.4. The molecule has 0 bridgehead atoms. The summed E-state index contributed by atoms with van der Waals surface area (Å²) >= 11 is 0. The van der Waals surface area contributed by atoms with Crippen molar-refractivity contribution in [2.45, 2.75) is 22.0 Å². The highest BCUT2D eigenvalue weighted by Gasteiger charge is 2.32. The number of nitrogens with one attached hydrogen (secondary N) is 1. The summed E-state index contributed by atoms with van der Waals surface area (Å²) in [6.07, 6.45) is 1.32. The number of hydrogen-bond acceptors (Lipinski definition) is 5. The molecule has 0 saturated heterocycles. The Morgan fingerprint density at radius 2 is 1.54 bits per heavy atom. The highest BCUT2D eigenvalue weighted by Crippen LogP contribution is 2.29. The van der Waals surface area contributed by atoms with E-state index in [1.165, 1.54) is 30.5 Å². The molecule has 0 amide bonds. The van der Waals surface area contributed by atoms with E-state index in [4.69, 9.17) is 4.42 Å². The lowest BCUT2D eigenvalue weighted by molar-refractivity contribution is 0.486. The van der Waals surface area contributed by atoms with Crippen LogP contribution in [0.3, 0.4) is 0 Å². The van der Waals surface area contributed by atoms with Crippen LogP contribution in [0, 0.1) is 12.7 Å². The first-order valence-electron chi connectivity index (χ1n) is 8.29. The zero-order valence-electron chi connectivity index (χ0n) is 14.9. The van der Waals surface area contributed by atoms with Crippen molar-refractivity contribution in [2.75, 3.05) is 6.54 Å². The molecule has 0 fully saturated rings. The first kappa shape index (κ1) is 20.2. The molecular weight excluding hydrogens is 405 g/mol. The number of rotatable bonds is 7. The molecule has 0 aliphatic rings. The van der Waals surface area contributed by atoms with E-state index in [0.29, 0.717) is 0 Å². The molecule has 148 valence electrons. The second-order valence-corrected chi connectivity index (χ2v) is 10.1. The summed E-state index contributed by atoms with van der Waals surface area (Å²) in [6, 6.07) is 13.5. The number of hydrogen-bond donors (Lipinski definition) is 1. The first-order valence-corrected chi connectivity index (χ1v) is 11.3. The standard InChI is InChI=1S/C19H18FNO5S2/c1-14-4-8-16(9-5-14)27(22,23)19(18-3-2-12-26-18)13-21-28(24,25)17-10-6-15(20)7-11-17/h2-12,19,21H,13H2,1H3/t19-/m0/s1. The molecule has 6 nitrogen and oxygen atoms in total. The summed E-state index contributed by atoms with van der Waals surface area (Å²) in [4.78, 5) is -0.111. The van der Waals surface area contributed by atoms with Gasteiger partial charge in [-0.05, 0) is 55.5 Å². The van der Waals surface area contributed by atoms with E-state index in [9.17, 15) is 21.2 Å². The predicted octanol–water partition coefficient (Wildman–Crippen LogP) is 3.22. The molecule has 1 heterocycles. The van der Waals surface area contributed by atoms with E-state index in [0.717, 1.165) is 29.8 Å². The van der Waals surface area contributed by atoms with Crippen LogP contribution in [-0.4, -0.2) is 23.4 Å². The Labute approximate surface area is 163 Å². The number of aryl methyl sites for hydroxylation is 1. The molecule has 1 aromatic heterocycles. The van der Waals surface area contributed by atoms with Crippen molar-refractivity contribution in [3.05, 3.63) is 84.1 Å². The zero-order valence-corrected chi connectivity index (χ0v) is 16.5. The van der Waals surface area contributed by atoms with Gasteiger partial charge >= 0.3 is 0 Å². The van der Waals surface area contributed by atoms with Gasteiger partial charge in [0.15, 0.2) is 9.84 Å². The molecule has 0 unspecified atom stereocenters. The molecule has 0 aliphatic heterocycles. The van der Waals surface area contributed by atoms with Crippen molar-refractivity contribution in [1.82, 2.24) is 4.72 Å². The molecule has 0 aliphatic carbocycles. The fourth-order valence-electron chi connectivity index (χ4n) is 2.61. The van der Waals surface area contributed by atoms with Crippen LogP contribution in [0.25, 0.3) is 0 Å². The summed E-state index contributed by atoms with van der Waals surface area (Å²) in [5, 5.41) is -1.26. The summed E-state index contributed by atoms with van der Waals surface area (Å²) < 4.78 is 71.7. The van der Waals surface area contributed by atoms with Crippen molar-refractivity contribution in [2.24, 2.45) is 0 Å². The normalized spacial score (nSPS) is 13.4. The Balaban J connectivity index is 1.91. The summed E-state index contributed by atoms with van der Waals surface area (Å²) in [6.45, 7) is 1.39. The molecule has 0 spiro atoms. The average Bonchev–Trinajstić information content (AvgIpc) is 3.16. The average molecular weight is 423 g/mol. The van der Waals surface area contributed by atoms with Gasteiger partial charge in [0, 0.05) is 6.54 Å². The van der Waals surface area contributed by atoms with Gasteiger partial charge in [-0.3, -0.25) is 0 Å². The number of benzene rings is 2. The molecule has 9 heteroatoms. The Morgan fingerprint density at radius 3 is 2.11 bits per heavy atom. The Kier molecular flexibility index (Phi) is 5.69. The topological polar surface area (TPSA) is 93.5 Å². The SMILES string of the molecule is Cc1ccc(S(=O)(=O)[C@@H](CNS(=O)(=O)c2ccc(F)cc2)c2ccco2)cc1. The van der Waals surface area contributed by atoms with E-state index in [1.807, 2.05) is 6.92 Å². The van der Waals surface area contributed by atoms with Crippen molar-refractivity contribution in [3.8, 4) is 0 Å². The summed E-state index contributed by atoms with van der Waals surface area (Å²) in [5.41, 5.74) is 0.894.